The first-order valence-electron chi connectivity index (χ1n) is 11.0. The number of carbonyl (C=O) groups excluding carboxylic acids is 2. The standard InChI is InChI=1S/C23H34N2O3S/c1-4-5-13-28-22(26)20-15-29-21(18-9-7-6-8-10-18)25(20)23(27)24-19-12-11-16(2)17(3)14-19/h11-12,14,18,20-21H,4-10,13,15H2,1-3H3,(H,24,27). The molecule has 1 aromatic rings. The van der Waals surface area contributed by atoms with Crippen LogP contribution in [0.1, 0.15) is 63.0 Å². The molecule has 3 rings (SSSR count). The van der Waals surface area contributed by atoms with Crippen molar-refractivity contribution in [2.75, 3.05) is 17.7 Å². The minimum absolute atomic E-state index is 0.0468. The third-order valence-electron chi connectivity index (χ3n) is 6.09. The number of aryl methyl sites for hydroxylation is 2. The first kappa shape index (κ1) is 22.0. The summed E-state index contributed by atoms with van der Waals surface area (Å²) in [5.74, 6) is 0.805. The van der Waals surface area contributed by atoms with Crippen LogP contribution in [0.2, 0.25) is 0 Å². The molecule has 160 valence electrons. The fourth-order valence-corrected chi connectivity index (χ4v) is 5.79. The highest BCUT2D eigenvalue weighted by atomic mass is 32.2. The maximum Gasteiger partial charge on any atom is 0.329 e. The van der Waals surface area contributed by atoms with Crippen molar-refractivity contribution in [1.29, 1.82) is 0 Å². The Kier molecular flexibility index (Phi) is 7.87. The number of nitrogens with zero attached hydrogens (tertiary/aromatic N) is 1. The Morgan fingerprint density at radius 2 is 1.93 bits per heavy atom. The highest BCUT2D eigenvalue weighted by Gasteiger charge is 2.45. The zero-order valence-electron chi connectivity index (χ0n) is 17.9. The summed E-state index contributed by atoms with van der Waals surface area (Å²) >= 11 is 1.74. The second kappa shape index (κ2) is 10.4. The van der Waals surface area contributed by atoms with Gasteiger partial charge in [0.1, 0.15) is 6.04 Å². The third kappa shape index (κ3) is 5.47. The smallest absolute Gasteiger partial charge is 0.329 e. The van der Waals surface area contributed by atoms with Crippen LogP contribution < -0.4 is 5.32 Å². The average Bonchev–Trinajstić information content (AvgIpc) is 3.17. The van der Waals surface area contributed by atoms with E-state index in [1.807, 2.05) is 25.1 Å². The lowest BCUT2D eigenvalue weighted by Crippen LogP contribution is -2.50. The van der Waals surface area contributed by atoms with Gasteiger partial charge < -0.3 is 10.1 Å². The summed E-state index contributed by atoms with van der Waals surface area (Å²) in [7, 11) is 0. The highest BCUT2D eigenvalue weighted by Crippen LogP contribution is 2.41. The first-order valence-corrected chi connectivity index (χ1v) is 12.0. The number of rotatable bonds is 6. The van der Waals surface area contributed by atoms with Gasteiger partial charge >= 0.3 is 12.0 Å². The summed E-state index contributed by atoms with van der Waals surface area (Å²) in [5, 5.41) is 3.09. The number of amides is 2. The summed E-state index contributed by atoms with van der Waals surface area (Å²) in [4.78, 5) is 27.8. The molecule has 2 fully saturated rings. The predicted molar refractivity (Wildman–Crippen MR) is 119 cm³/mol. The molecule has 0 spiro atoms. The van der Waals surface area contributed by atoms with Crippen molar-refractivity contribution >= 4 is 29.4 Å². The molecule has 1 aliphatic carbocycles. The Morgan fingerprint density at radius 3 is 2.62 bits per heavy atom. The van der Waals surface area contributed by atoms with Crippen molar-refractivity contribution in [3.8, 4) is 0 Å². The van der Waals surface area contributed by atoms with Gasteiger partial charge in [-0.3, -0.25) is 4.90 Å². The van der Waals surface area contributed by atoms with Gasteiger partial charge in [0.05, 0.1) is 12.0 Å². The minimum Gasteiger partial charge on any atom is -0.464 e. The monoisotopic (exact) mass is 418 g/mol. The van der Waals surface area contributed by atoms with E-state index in [0.717, 1.165) is 36.9 Å². The number of hydrogen-bond donors (Lipinski definition) is 1. The van der Waals surface area contributed by atoms with Crippen LogP contribution in [0, 0.1) is 19.8 Å². The van der Waals surface area contributed by atoms with Crippen LogP contribution >= 0.6 is 11.8 Å². The Bertz CT molecular complexity index is 718. The summed E-state index contributed by atoms with van der Waals surface area (Å²) < 4.78 is 5.49. The largest absolute Gasteiger partial charge is 0.464 e. The van der Waals surface area contributed by atoms with Crippen LogP contribution in [0.25, 0.3) is 0 Å². The van der Waals surface area contributed by atoms with E-state index >= 15 is 0 Å². The number of unbranched alkanes of at least 4 members (excludes halogenated alkanes) is 1. The second-order valence-electron chi connectivity index (χ2n) is 8.30. The zero-order valence-corrected chi connectivity index (χ0v) is 18.7. The van der Waals surface area contributed by atoms with E-state index < -0.39 is 6.04 Å². The molecule has 1 N–H and O–H groups in total. The van der Waals surface area contributed by atoms with Gasteiger partial charge in [0.25, 0.3) is 0 Å². The summed E-state index contributed by atoms with van der Waals surface area (Å²) in [6.07, 6.45) is 7.78. The summed E-state index contributed by atoms with van der Waals surface area (Å²) in [5.41, 5.74) is 3.10. The highest BCUT2D eigenvalue weighted by molar-refractivity contribution is 8.00. The molecule has 5 nitrogen and oxygen atoms in total. The molecule has 1 saturated heterocycles. The Balaban J connectivity index is 1.76. The van der Waals surface area contributed by atoms with Gasteiger partial charge in [-0.2, -0.15) is 0 Å². The van der Waals surface area contributed by atoms with Crippen LogP contribution in [0.4, 0.5) is 10.5 Å². The van der Waals surface area contributed by atoms with Crippen LogP contribution in [0.15, 0.2) is 18.2 Å². The molecule has 0 radical (unpaired) electrons. The third-order valence-corrected chi connectivity index (χ3v) is 7.56. The van der Waals surface area contributed by atoms with Crippen molar-refractivity contribution in [3.63, 3.8) is 0 Å². The number of benzene rings is 1. The van der Waals surface area contributed by atoms with Crippen molar-refractivity contribution in [1.82, 2.24) is 4.90 Å². The van der Waals surface area contributed by atoms with Crippen molar-refractivity contribution in [2.45, 2.75) is 77.1 Å². The molecule has 0 aromatic heterocycles. The molecule has 1 saturated carbocycles. The molecule has 0 bridgehead atoms. The van der Waals surface area contributed by atoms with Gasteiger partial charge in [0, 0.05) is 11.4 Å². The van der Waals surface area contributed by atoms with E-state index in [1.165, 1.54) is 24.8 Å². The number of ether oxygens (including phenoxy) is 1. The van der Waals surface area contributed by atoms with Gasteiger partial charge in [-0.05, 0) is 62.3 Å². The first-order chi connectivity index (χ1) is 14.0. The number of thioether (sulfide) groups is 1. The van der Waals surface area contributed by atoms with Gasteiger partial charge in [0.15, 0.2) is 0 Å². The van der Waals surface area contributed by atoms with E-state index in [0.29, 0.717) is 18.3 Å². The Labute approximate surface area is 178 Å². The Morgan fingerprint density at radius 1 is 1.17 bits per heavy atom. The van der Waals surface area contributed by atoms with Crippen molar-refractivity contribution in [2.24, 2.45) is 5.92 Å². The normalized spacial score (nSPS) is 22.5. The van der Waals surface area contributed by atoms with Gasteiger partial charge in [-0.25, -0.2) is 9.59 Å². The molecule has 1 heterocycles. The second-order valence-corrected chi connectivity index (χ2v) is 9.44. The van der Waals surface area contributed by atoms with Gasteiger partial charge in [-0.15, -0.1) is 11.8 Å². The molecule has 2 unspecified atom stereocenters. The van der Waals surface area contributed by atoms with E-state index in [4.69, 9.17) is 4.74 Å². The van der Waals surface area contributed by atoms with E-state index in [1.54, 1.807) is 16.7 Å². The SMILES string of the molecule is CCCCOC(=O)C1CSC(C2CCCCC2)N1C(=O)Nc1ccc(C)c(C)c1. The summed E-state index contributed by atoms with van der Waals surface area (Å²) in [6, 6.07) is 5.23. The number of urea groups is 1. The number of anilines is 1. The van der Waals surface area contributed by atoms with Crippen molar-refractivity contribution in [3.05, 3.63) is 29.3 Å². The number of hydrogen-bond acceptors (Lipinski definition) is 4. The van der Waals surface area contributed by atoms with Crippen molar-refractivity contribution < 1.29 is 14.3 Å². The number of nitrogens with one attached hydrogen (secondary N) is 1. The zero-order chi connectivity index (χ0) is 20.8. The molecule has 1 aliphatic heterocycles. The van der Waals surface area contributed by atoms with Gasteiger partial charge in [-0.1, -0.05) is 38.7 Å². The number of carbonyl (C=O) groups is 2. The van der Waals surface area contributed by atoms with Gasteiger partial charge in [0.2, 0.25) is 0 Å². The predicted octanol–water partition coefficient (Wildman–Crippen LogP) is 5.50. The molecule has 1 aromatic carbocycles. The lowest BCUT2D eigenvalue weighted by molar-refractivity contribution is -0.148. The van der Waals surface area contributed by atoms with Crippen LogP contribution in [-0.4, -0.2) is 40.7 Å². The molecule has 6 heteroatoms. The lowest BCUT2D eigenvalue weighted by atomic mass is 9.88. The van der Waals surface area contributed by atoms with E-state index in [2.05, 4.69) is 19.2 Å². The fourth-order valence-electron chi connectivity index (χ4n) is 4.17. The van der Waals surface area contributed by atoms with Crippen LogP contribution in [0.5, 0.6) is 0 Å². The van der Waals surface area contributed by atoms with Crippen LogP contribution in [0.3, 0.4) is 0 Å². The fraction of sp³-hybridized carbons (Fsp3) is 0.652. The van der Waals surface area contributed by atoms with E-state index in [9.17, 15) is 9.59 Å². The van der Waals surface area contributed by atoms with Crippen LogP contribution in [-0.2, 0) is 9.53 Å². The maximum atomic E-state index is 13.3. The number of esters is 1. The molecular weight excluding hydrogens is 384 g/mol. The quantitative estimate of drug-likeness (QED) is 0.489. The molecule has 2 aliphatic rings. The minimum atomic E-state index is -0.504. The summed E-state index contributed by atoms with van der Waals surface area (Å²) in [6.45, 7) is 6.59. The lowest BCUT2D eigenvalue weighted by Gasteiger charge is -2.35. The molecule has 2 amide bonds. The van der Waals surface area contributed by atoms with E-state index in [-0.39, 0.29) is 17.4 Å². The average molecular weight is 419 g/mol. The molecule has 29 heavy (non-hydrogen) atoms. The Hall–Kier alpha value is -1.69. The molecular formula is C23H34N2O3S. The maximum absolute atomic E-state index is 13.3. The molecule has 2 atom stereocenters. The topological polar surface area (TPSA) is 58.6 Å².